The van der Waals surface area contributed by atoms with Gasteiger partial charge < -0.3 is 20.6 Å². The lowest BCUT2D eigenvalue weighted by molar-refractivity contribution is -0.135. The number of rotatable bonds is 8. The third-order valence-electron chi connectivity index (χ3n) is 4.67. The number of carboxylic acids is 1. The number of fused-ring (bicyclic) bond motifs is 1. The highest BCUT2D eigenvalue weighted by Crippen LogP contribution is 2.30. The third kappa shape index (κ3) is 5.14. The van der Waals surface area contributed by atoms with Gasteiger partial charge in [-0.2, -0.15) is 0 Å². The van der Waals surface area contributed by atoms with Crippen LogP contribution in [0.15, 0.2) is 54.7 Å². The Bertz CT molecular complexity index is 1210. The van der Waals surface area contributed by atoms with Crippen molar-refractivity contribution in [1.29, 1.82) is 0 Å². The Balaban J connectivity index is 1.49. The summed E-state index contributed by atoms with van der Waals surface area (Å²) < 4.78 is 0. The van der Waals surface area contributed by atoms with Gasteiger partial charge in [0.05, 0.1) is 6.54 Å². The van der Waals surface area contributed by atoms with Crippen LogP contribution in [0.4, 0.5) is 22.5 Å². The molecule has 0 unspecified atom stereocenters. The largest absolute Gasteiger partial charge is 0.480 e. The molecule has 0 amide bonds. The van der Waals surface area contributed by atoms with Crippen molar-refractivity contribution < 1.29 is 9.90 Å². The lowest BCUT2D eigenvalue weighted by atomic mass is 10.2. The minimum Gasteiger partial charge on any atom is -0.480 e. The number of aromatic nitrogens is 3. The van der Waals surface area contributed by atoms with Crippen LogP contribution in [0, 0.1) is 6.92 Å². The molecule has 9 heteroatoms. The minimum atomic E-state index is -0.887. The van der Waals surface area contributed by atoms with Crippen molar-refractivity contribution >= 4 is 50.1 Å². The third-order valence-corrected chi connectivity index (χ3v) is 5.55. The molecule has 4 aromatic rings. The first-order chi connectivity index (χ1) is 15.0. The maximum absolute atomic E-state index is 10.6. The van der Waals surface area contributed by atoms with Gasteiger partial charge in [-0.1, -0.05) is 29.0 Å². The fourth-order valence-corrected chi connectivity index (χ4v) is 3.86. The van der Waals surface area contributed by atoms with Crippen LogP contribution in [0.5, 0.6) is 0 Å². The average molecular weight is 435 g/mol. The van der Waals surface area contributed by atoms with Crippen LogP contribution in [0.25, 0.3) is 10.3 Å². The van der Waals surface area contributed by atoms with Gasteiger partial charge in [0.25, 0.3) is 0 Å². The first kappa shape index (κ1) is 20.7. The Morgan fingerprint density at radius 1 is 1.13 bits per heavy atom. The van der Waals surface area contributed by atoms with E-state index in [2.05, 4.69) is 51.8 Å². The van der Waals surface area contributed by atoms with E-state index in [1.54, 1.807) is 6.20 Å². The second-order valence-corrected chi connectivity index (χ2v) is 8.06. The smallest absolute Gasteiger partial charge is 0.317 e. The highest BCUT2D eigenvalue weighted by molar-refractivity contribution is 7.21. The van der Waals surface area contributed by atoms with E-state index in [4.69, 9.17) is 10.1 Å². The molecule has 0 saturated heterocycles. The second-order valence-electron chi connectivity index (χ2n) is 7.08. The molecule has 0 radical (unpaired) electrons. The monoisotopic (exact) mass is 434 g/mol. The SMILES string of the molecule is Cc1ccc(N(C)c2ccc3nc(Nc4cc(CNCC(=O)O)ccn4)sc3n2)cc1. The van der Waals surface area contributed by atoms with Crippen LogP contribution < -0.4 is 15.5 Å². The quantitative estimate of drug-likeness (QED) is 0.381. The molecule has 3 aromatic heterocycles. The number of nitrogens with zero attached hydrogens (tertiary/aromatic N) is 4. The highest BCUT2D eigenvalue weighted by atomic mass is 32.1. The summed E-state index contributed by atoms with van der Waals surface area (Å²) in [6.45, 7) is 2.42. The van der Waals surface area contributed by atoms with Gasteiger partial charge in [-0.25, -0.2) is 15.0 Å². The molecule has 0 bridgehead atoms. The Kier molecular flexibility index (Phi) is 6.06. The summed E-state index contributed by atoms with van der Waals surface area (Å²) in [5, 5.41) is 15.5. The number of benzene rings is 1. The predicted octanol–water partition coefficient (Wildman–Crippen LogP) is 4.08. The summed E-state index contributed by atoms with van der Waals surface area (Å²) in [6.07, 6.45) is 1.68. The Labute approximate surface area is 183 Å². The van der Waals surface area contributed by atoms with Crippen LogP contribution in [0.3, 0.4) is 0 Å². The Morgan fingerprint density at radius 3 is 2.71 bits per heavy atom. The van der Waals surface area contributed by atoms with Gasteiger partial charge in [0.15, 0.2) is 5.13 Å². The van der Waals surface area contributed by atoms with E-state index in [1.165, 1.54) is 16.9 Å². The lowest BCUT2D eigenvalue weighted by Crippen LogP contribution is -2.21. The molecule has 0 aliphatic rings. The zero-order valence-corrected chi connectivity index (χ0v) is 18.0. The summed E-state index contributed by atoms with van der Waals surface area (Å²) in [4.78, 5) is 27.2. The second kappa shape index (κ2) is 9.07. The molecule has 3 N–H and O–H groups in total. The first-order valence-corrected chi connectivity index (χ1v) is 10.5. The predicted molar refractivity (Wildman–Crippen MR) is 124 cm³/mol. The van der Waals surface area contributed by atoms with E-state index in [-0.39, 0.29) is 6.54 Å². The molecular formula is C22H22N6O2S. The number of nitrogens with one attached hydrogen (secondary N) is 2. The molecule has 0 fully saturated rings. The van der Waals surface area contributed by atoms with E-state index in [1.807, 2.05) is 36.2 Å². The molecule has 8 nitrogen and oxygen atoms in total. The van der Waals surface area contributed by atoms with Gasteiger partial charge in [0.2, 0.25) is 0 Å². The number of thiazole rings is 1. The van der Waals surface area contributed by atoms with Crippen molar-refractivity contribution in [3.63, 3.8) is 0 Å². The molecule has 0 atom stereocenters. The van der Waals surface area contributed by atoms with Crippen LogP contribution in [0.2, 0.25) is 0 Å². The van der Waals surface area contributed by atoms with Crippen molar-refractivity contribution in [1.82, 2.24) is 20.3 Å². The van der Waals surface area contributed by atoms with Crippen LogP contribution in [-0.2, 0) is 11.3 Å². The molecule has 3 heterocycles. The van der Waals surface area contributed by atoms with E-state index >= 15 is 0 Å². The first-order valence-electron chi connectivity index (χ1n) is 9.70. The topological polar surface area (TPSA) is 103 Å². The van der Waals surface area contributed by atoms with Crippen molar-refractivity contribution in [3.05, 3.63) is 65.9 Å². The van der Waals surface area contributed by atoms with Crippen LogP contribution >= 0.6 is 11.3 Å². The molecule has 158 valence electrons. The lowest BCUT2D eigenvalue weighted by Gasteiger charge is -2.18. The molecule has 0 aliphatic heterocycles. The summed E-state index contributed by atoms with van der Waals surface area (Å²) in [7, 11) is 1.99. The van der Waals surface area contributed by atoms with Crippen molar-refractivity contribution in [2.45, 2.75) is 13.5 Å². The van der Waals surface area contributed by atoms with Crippen LogP contribution in [0.1, 0.15) is 11.1 Å². The van der Waals surface area contributed by atoms with E-state index in [9.17, 15) is 4.79 Å². The van der Waals surface area contributed by atoms with Crippen molar-refractivity contribution in [2.75, 3.05) is 23.8 Å². The standard InChI is InChI=1S/C22H22N6O2S/c1-14-3-5-16(6-4-14)28(2)19-8-7-17-21(27-19)31-22(25-17)26-18-11-15(9-10-24-18)12-23-13-20(29)30/h3-11,23H,12-13H2,1-2H3,(H,29,30)(H,24,25,26). The number of anilines is 4. The highest BCUT2D eigenvalue weighted by Gasteiger charge is 2.11. The zero-order chi connectivity index (χ0) is 21.8. The number of pyridine rings is 2. The van der Waals surface area contributed by atoms with Gasteiger partial charge in [-0.05, 0) is 48.9 Å². The number of aryl methyl sites for hydroxylation is 1. The van der Waals surface area contributed by atoms with Crippen LogP contribution in [-0.4, -0.2) is 39.6 Å². The maximum Gasteiger partial charge on any atom is 0.317 e. The molecule has 1 aromatic carbocycles. The number of carboxylic acid groups (broad SMARTS) is 1. The summed E-state index contributed by atoms with van der Waals surface area (Å²) >= 11 is 1.46. The van der Waals surface area contributed by atoms with E-state index < -0.39 is 5.97 Å². The van der Waals surface area contributed by atoms with Gasteiger partial charge >= 0.3 is 5.97 Å². The number of aliphatic carboxylic acids is 1. The normalized spacial score (nSPS) is 10.9. The number of hydrogen-bond donors (Lipinski definition) is 3. The van der Waals surface area contributed by atoms with E-state index in [0.29, 0.717) is 17.5 Å². The average Bonchev–Trinajstić information content (AvgIpc) is 3.15. The Morgan fingerprint density at radius 2 is 1.94 bits per heavy atom. The molecule has 31 heavy (non-hydrogen) atoms. The fraction of sp³-hybridized carbons (Fsp3) is 0.182. The van der Waals surface area contributed by atoms with Gasteiger partial charge in [-0.3, -0.25) is 4.79 Å². The minimum absolute atomic E-state index is 0.0893. The summed E-state index contributed by atoms with van der Waals surface area (Å²) in [5.74, 6) is 0.601. The van der Waals surface area contributed by atoms with Crippen molar-refractivity contribution in [3.8, 4) is 0 Å². The summed E-state index contributed by atoms with van der Waals surface area (Å²) in [6, 6.07) is 15.9. The van der Waals surface area contributed by atoms with Gasteiger partial charge in [-0.15, -0.1) is 0 Å². The number of hydrogen-bond acceptors (Lipinski definition) is 8. The molecule has 0 spiro atoms. The number of carbonyl (C=O) groups is 1. The van der Waals surface area contributed by atoms with Gasteiger partial charge in [0, 0.05) is 25.5 Å². The molecular weight excluding hydrogens is 412 g/mol. The van der Waals surface area contributed by atoms with Crippen molar-refractivity contribution in [2.24, 2.45) is 0 Å². The maximum atomic E-state index is 10.6. The summed E-state index contributed by atoms with van der Waals surface area (Å²) in [5.41, 5.74) is 4.03. The Hall–Kier alpha value is -3.56. The zero-order valence-electron chi connectivity index (χ0n) is 17.2. The molecule has 0 aliphatic carbocycles. The van der Waals surface area contributed by atoms with E-state index in [0.717, 1.165) is 27.4 Å². The molecule has 4 rings (SSSR count). The fourth-order valence-electron chi connectivity index (χ4n) is 3.02. The molecule has 0 saturated carbocycles. The van der Waals surface area contributed by atoms with Gasteiger partial charge in [0.1, 0.15) is 22.0 Å².